The third-order valence-corrected chi connectivity index (χ3v) is 4.42. The van der Waals surface area contributed by atoms with E-state index in [0.29, 0.717) is 16.7 Å². The van der Waals surface area contributed by atoms with Crippen molar-refractivity contribution in [2.45, 2.75) is 39.4 Å². The molecule has 3 aromatic carbocycles. The second kappa shape index (κ2) is 14.9. The van der Waals surface area contributed by atoms with Gasteiger partial charge in [-0.25, -0.2) is 0 Å². The molecule has 176 valence electrons. The second-order valence-electron chi connectivity index (χ2n) is 7.58. The van der Waals surface area contributed by atoms with Crippen molar-refractivity contribution in [2.24, 2.45) is 0 Å². The van der Waals surface area contributed by atoms with Crippen LogP contribution in [0.15, 0.2) is 91.0 Å². The second-order valence-corrected chi connectivity index (χ2v) is 7.58. The molecule has 1 atom stereocenters. The van der Waals surface area contributed by atoms with Gasteiger partial charge in [0.05, 0.1) is 0 Å². The van der Waals surface area contributed by atoms with Gasteiger partial charge < -0.3 is 14.9 Å². The number of hydrogen-bond acceptors (Lipinski definition) is 5. The molecule has 0 bridgehead atoms. The third-order valence-electron chi connectivity index (χ3n) is 4.42. The summed E-state index contributed by atoms with van der Waals surface area (Å²) in [6.45, 7) is 8.64. The van der Waals surface area contributed by atoms with Gasteiger partial charge in [0.25, 0.3) is 0 Å². The van der Waals surface area contributed by atoms with Crippen molar-refractivity contribution in [1.29, 1.82) is 0 Å². The lowest BCUT2D eigenvalue weighted by Gasteiger charge is -2.14. The van der Waals surface area contributed by atoms with E-state index < -0.39 is 11.7 Å². The van der Waals surface area contributed by atoms with Gasteiger partial charge in [-0.2, -0.15) is 0 Å². The summed E-state index contributed by atoms with van der Waals surface area (Å²) in [5, 5.41) is 19.3. The predicted octanol–water partition coefficient (Wildman–Crippen LogP) is 5.29. The minimum Gasteiger partial charge on any atom is -0.382 e. The van der Waals surface area contributed by atoms with E-state index in [1.807, 2.05) is 32.0 Å². The zero-order chi connectivity index (χ0) is 24.7. The molecule has 0 aliphatic carbocycles. The highest BCUT2D eigenvalue weighted by atomic mass is 16.5. The summed E-state index contributed by atoms with van der Waals surface area (Å²) in [5.41, 5.74) is 0.418. The molecule has 5 nitrogen and oxygen atoms in total. The zero-order valence-electron chi connectivity index (χ0n) is 19.8. The summed E-state index contributed by atoms with van der Waals surface area (Å²) in [7, 11) is 0. The molecule has 3 aromatic rings. The summed E-state index contributed by atoms with van der Waals surface area (Å²) in [6.07, 6.45) is -1.08. The van der Waals surface area contributed by atoms with Crippen LogP contribution < -0.4 is 0 Å². The Morgan fingerprint density at radius 1 is 0.758 bits per heavy atom. The Kier molecular flexibility index (Phi) is 12.6. The summed E-state index contributed by atoms with van der Waals surface area (Å²) in [6, 6.07) is 26.5. The molecule has 0 aliphatic heterocycles. The SMILES string of the molecule is CC(C)(O)C(=O)c1ccccc1.CCOCC.O=C(c1ccccc1)C(O)c1ccccc1. The molecule has 1 unspecified atom stereocenters. The number of Topliss-reactive ketones (excluding diaryl/α,β-unsaturated/α-hetero) is 2. The smallest absolute Gasteiger partial charge is 0.195 e. The number of aliphatic hydroxyl groups is 2. The summed E-state index contributed by atoms with van der Waals surface area (Å²) < 4.78 is 4.83. The van der Waals surface area contributed by atoms with Crippen LogP contribution in [0.1, 0.15) is 60.1 Å². The molecule has 0 saturated heterocycles. The first kappa shape index (κ1) is 27.9. The van der Waals surface area contributed by atoms with Gasteiger partial charge in [-0.3, -0.25) is 9.59 Å². The predicted molar refractivity (Wildman–Crippen MR) is 131 cm³/mol. The van der Waals surface area contributed by atoms with E-state index in [-0.39, 0.29) is 11.6 Å². The molecule has 0 radical (unpaired) electrons. The molecule has 2 N–H and O–H groups in total. The molecule has 0 spiro atoms. The Morgan fingerprint density at radius 3 is 1.52 bits per heavy atom. The van der Waals surface area contributed by atoms with E-state index in [0.717, 1.165) is 13.2 Å². The molecule has 0 saturated carbocycles. The van der Waals surface area contributed by atoms with Crippen LogP contribution in [0.3, 0.4) is 0 Å². The number of hydrogen-bond donors (Lipinski definition) is 2. The first-order valence-electron chi connectivity index (χ1n) is 10.9. The Bertz CT molecular complexity index is 930. The lowest BCUT2D eigenvalue weighted by molar-refractivity contribution is 0.0488. The quantitative estimate of drug-likeness (QED) is 0.478. The van der Waals surface area contributed by atoms with Crippen LogP contribution in [-0.4, -0.2) is 40.6 Å². The maximum Gasteiger partial charge on any atom is 0.195 e. The third kappa shape index (κ3) is 10.4. The number of ketones is 2. The molecule has 0 heterocycles. The maximum absolute atomic E-state index is 11.9. The fourth-order valence-electron chi connectivity index (χ4n) is 2.69. The minimum absolute atomic E-state index is 0.247. The van der Waals surface area contributed by atoms with Crippen molar-refractivity contribution in [2.75, 3.05) is 13.2 Å². The van der Waals surface area contributed by atoms with Crippen molar-refractivity contribution in [1.82, 2.24) is 0 Å². The molecular weight excluding hydrogens is 416 g/mol. The monoisotopic (exact) mass is 450 g/mol. The number of rotatable bonds is 7. The van der Waals surface area contributed by atoms with Gasteiger partial charge in [-0.05, 0) is 33.3 Å². The van der Waals surface area contributed by atoms with Gasteiger partial charge >= 0.3 is 0 Å². The van der Waals surface area contributed by atoms with Crippen LogP contribution in [0, 0.1) is 0 Å². The molecule has 3 rings (SSSR count). The largest absolute Gasteiger partial charge is 0.382 e. The van der Waals surface area contributed by atoms with E-state index in [2.05, 4.69) is 0 Å². The van der Waals surface area contributed by atoms with E-state index in [1.165, 1.54) is 13.8 Å². The Hall–Kier alpha value is -3.12. The van der Waals surface area contributed by atoms with Gasteiger partial charge in [-0.1, -0.05) is 91.0 Å². The minimum atomic E-state index is -1.28. The topological polar surface area (TPSA) is 83.8 Å². The fraction of sp³-hybridized carbons (Fsp3) is 0.286. The van der Waals surface area contributed by atoms with Crippen molar-refractivity contribution in [3.8, 4) is 0 Å². The number of carbonyl (C=O) groups is 2. The number of ether oxygens (including phenoxy) is 1. The molecule has 0 amide bonds. The number of benzene rings is 3. The van der Waals surface area contributed by atoms with Gasteiger partial charge in [0.2, 0.25) is 0 Å². The van der Waals surface area contributed by atoms with Crippen LogP contribution in [0.4, 0.5) is 0 Å². The summed E-state index contributed by atoms with van der Waals surface area (Å²) >= 11 is 0. The van der Waals surface area contributed by atoms with E-state index in [9.17, 15) is 19.8 Å². The van der Waals surface area contributed by atoms with Crippen molar-refractivity contribution >= 4 is 11.6 Å². The van der Waals surface area contributed by atoms with Gasteiger partial charge in [0.15, 0.2) is 11.6 Å². The molecule has 33 heavy (non-hydrogen) atoms. The average Bonchev–Trinajstić information content (AvgIpc) is 2.85. The highest BCUT2D eigenvalue weighted by molar-refractivity contribution is 6.01. The van der Waals surface area contributed by atoms with E-state index in [1.54, 1.807) is 72.8 Å². The number of aliphatic hydroxyl groups excluding tert-OH is 1. The molecular formula is C28H34O5. The molecule has 0 aromatic heterocycles. The summed E-state index contributed by atoms with van der Waals surface area (Å²) in [4.78, 5) is 23.3. The Balaban J connectivity index is 0.000000283. The zero-order valence-corrected chi connectivity index (χ0v) is 19.8. The lowest BCUT2D eigenvalue weighted by Crippen LogP contribution is -2.30. The standard InChI is InChI=1S/C14H12O2.C10H12O2.C4H10O/c15-13(11-7-3-1-4-8-11)14(16)12-9-5-2-6-10-12;1-10(2,12)9(11)8-6-4-3-5-7-8;1-3-5-4-2/h1-10,13,15H;3-7,12H,1-2H3;3-4H2,1-2H3. The number of carbonyl (C=O) groups excluding carboxylic acids is 2. The van der Waals surface area contributed by atoms with Crippen LogP contribution >= 0.6 is 0 Å². The van der Waals surface area contributed by atoms with Crippen LogP contribution in [0.25, 0.3) is 0 Å². The first-order chi connectivity index (χ1) is 15.7. The van der Waals surface area contributed by atoms with E-state index in [4.69, 9.17) is 4.74 Å². The lowest BCUT2D eigenvalue weighted by atomic mass is 9.97. The molecule has 0 fully saturated rings. The van der Waals surface area contributed by atoms with Crippen LogP contribution in [0.5, 0.6) is 0 Å². The van der Waals surface area contributed by atoms with Crippen molar-refractivity contribution in [3.63, 3.8) is 0 Å². The van der Waals surface area contributed by atoms with Crippen molar-refractivity contribution in [3.05, 3.63) is 108 Å². The van der Waals surface area contributed by atoms with E-state index >= 15 is 0 Å². The van der Waals surface area contributed by atoms with Gasteiger partial charge in [0.1, 0.15) is 11.7 Å². The van der Waals surface area contributed by atoms with Crippen LogP contribution in [-0.2, 0) is 4.74 Å². The van der Waals surface area contributed by atoms with Crippen molar-refractivity contribution < 1.29 is 24.5 Å². The van der Waals surface area contributed by atoms with Crippen LogP contribution in [0.2, 0.25) is 0 Å². The fourth-order valence-corrected chi connectivity index (χ4v) is 2.69. The van der Waals surface area contributed by atoms with Gasteiger partial charge in [-0.15, -0.1) is 0 Å². The maximum atomic E-state index is 11.9. The average molecular weight is 451 g/mol. The molecule has 0 aliphatic rings. The summed E-state index contributed by atoms with van der Waals surface area (Å²) in [5.74, 6) is -0.519. The normalized spacial score (nSPS) is 11.2. The first-order valence-corrected chi connectivity index (χ1v) is 10.9. The highest BCUT2D eigenvalue weighted by Crippen LogP contribution is 2.17. The van der Waals surface area contributed by atoms with Gasteiger partial charge in [0, 0.05) is 24.3 Å². The Morgan fingerprint density at radius 2 is 1.15 bits per heavy atom. The highest BCUT2D eigenvalue weighted by Gasteiger charge is 2.24. The Labute approximate surface area is 196 Å². The molecule has 5 heteroatoms.